The lowest BCUT2D eigenvalue weighted by molar-refractivity contribution is -0.208. The molecule has 41 heavy (non-hydrogen) atoms. The zero-order valence-electron chi connectivity index (χ0n) is 21.2. The van der Waals surface area contributed by atoms with E-state index in [1.165, 1.54) is 41.0 Å². The van der Waals surface area contributed by atoms with Gasteiger partial charge in [0, 0.05) is 5.69 Å². The van der Waals surface area contributed by atoms with E-state index in [4.69, 9.17) is 26.1 Å². The fourth-order valence-corrected chi connectivity index (χ4v) is 6.04. The molecule has 2 fully saturated rings. The minimum atomic E-state index is -0.561. The summed E-state index contributed by atoms with van der Waals surface area (Å²) in [6.45, 7) is 0.325. The van der Waals surface area contributed by atoms with E-state index >= 15 is 0 Å². The van der Waals surface area contributed by atoms with Crippen LogP contribution in [0.25, 0.3) is 27.8 Å². The number of hydrogen-bond acceptors (Lipinski definition) is 10. The normalized spacial score (nSPS) is 17.5. The quantitative estimate of drug-likeness (QED) is 0.171. The first-order valence-electron chi connectivity index (χ1n) is 12.4. The van der Waals surface area contributed by atoms with Crippen LogP contribution in [0.1, 0.15) is 5.82 Å². The van der Waals surface area contributed by atoms with Crippen LogP contribution in [0.3, 0.4) is 0 Å². The molecule has 2 aliphatic heterocycles. The highest BCUT2D eigenvalue weighted by molar-refractivity contribution is 7.98. The Hall–Kier alpha value is -4.69. The molecule has 5 heterocycles. The van der Waals surface area contributed by atoms with Crippen molar-refractivity contribution in [2.24, 2.45) is 0 Å². The van der Waals surface area contributed by atoms with Crippen molar-refractivity contribution in [3.8, 4) is 11.4 Å². The number of methoxy groups -OCH3 is 1. The fraction of sp³-hybridized carbons (Fsp3) is 0.192. The fourth-order valence-electron chi connectivity index (χ4n) is 4.91. The Kier molecular flexibility index (Phi) is 6.01. The number of nitrogens with zero attached hydrogens (tertiary/aromatic N) is 6. The molecule has 5 aromatic rings. The molecule has 2 aromatic carbocycles. The van der Waals surface area contributed by atoms with E-state index in [0.717, 1.165) is 0 Å². The summed E-state index contributed by atoms with van der Waals surface area (Å²) in [5.41, 5.74) is 1.95. The minimum Gasteiger partial charge on any atom is -0.495 e. The Morgan fingerprint density at radius 2 is 2.12 bits per heavy atom. The molecule has 3 aromatic heterocycles. The molecule has 206 valence electrons. The number of imidazole rings is 1. The van der Waals surface area contributed by atoms with Crippen molar-refractivity contribution in [2.75, 3.05) is 19.0 Å². The zero-order valence-corrected chi connectivity index (χ0v) is 22.8. The number of carbonyl (C=O) groups is 2. The summed E-state index contributed by atoms with van der Waals surface area (Å²) in [6, 6.07) is 8.97. The second-order valence-electron chi connectivity index (χ2n) is 9.26. The summed E-state index contributed by atoms with van der Waals surface area (Å²) in [4.78, 5) is 60.5. The van der Waals surface area contributed by atoms with Crippen LogP contribution in [0.15, 0.2) is 58.9 Å². The number of ether oxygens (including phenoxy) is 2. The number of morpholine rings is 1. The van der Waals surface area contributed by atoms with E-state index < -0.39 is 23.6 Å². The number of amides is 2. The molecule has 2 atom stereocenters. The third-order valence-corrected chi connectivity index (χ3v) is 8.25. The van der Waals surface area contributed by atoms with Crippen LogP contribution in [-0.4, -0.2) is 72.2 Å². The zero-order chi connectivity index (χ0) is 28.2. The summed E-state index contributed by atoms with van der Waals surface area (Å²) in [6.07, 6.45) is 2.71. The Morgan fingerprint density at radius 3 is 2.93 bits per heavy atom. The molecule has 7 rings (SSSR count). The average molecular weight is 591 g/mol. The van der Waals surface area contributed by atoms with Crippen LogP contribution in [-0.2, 0) is 15.3 Å². The first-order chi connectivity index (χ1) is 19.9. The highest BCUT2D eigenvalue weighted by atomic mass is 35.5. The molecule has 2 aliphatic rings. The maximum atomic E-state index is 14.0. The number of esters is 1. The molecular formula is C26H19ClN8O5S. The van der Waals surface area contributed by atoms with Gasteiger partial charge in [-0.15, -0.1) is 0 Å². The Balaban J connectivity index is 1.30. The van der Waals surface area contributed by atoms with Gasteiger partial charge in [0.15, 0.2) is 17.8 Å². The van der Waals surface area contributed by atoms with Gasteiger partial charge < -0.3 is 24.7 Å². The summed E-state index contributed by atoms with van der Waals surface area (Å²) in [5.74, 6) is 0.581. The topological polar surface area (TPSA) is 157 Å². The molecule has 13 nitrogen and oxygen atoms in total. The van der Waals surface area contributed by atoms with Crippen molar-refractivity contribution in [2.45, 2.75) is 22.9 Å². The number of fused-ring (bicyclic) bond motifs is 3. The summed E-state index contributed by atoms with van der Waals surface area (Å²) in [7, 11) is 1.48. The highest BCUT2D eigenvalue weighted by Crippen LogP contribution is 2.34. The Morgan fingerprint density at radius 1 is 1.24 bits per heavy atom. The number of aromatic amines is 1. The van der Waals surface area contributed by atoms with Gasteiger partial charge in [-0.2, -0.15) is 0 Å². The van der Waals surface area contributed by atoms with E-state index in [9.17, 15) is 14.4 Å². The lowest BCUT2D eigenvalue weighted by Gasteiger charge is -2.51. The number of rotatable bonds is 6. The molecule has 0 aliphatic carbocycles. The van der Waals surface area contributed by atoms with Crippen molar-refractivity contribution >= 4 is 63.1 Å². The van der Waals surface area contributed by atoms with E-state index in [1.807, 2.05) is 0 Å². The largest absolute Gasteiger partial charge is 0.495 e. The van der Waals surface area contributed by atoms with Crippen LogP contribution in [0.5, 0.6) is 5.75 Å². The monoisotopic (exact) mass is 590 g/mol. The van der Waals surface area contributed by atoms with Crippen molar-refractivity contribution < 1.29 is 19.1 Å². The van der Waals surface area contributed by atoms with Gasteiger partial charge in [-0.1, -0.05) is 29.4 Å². The average Bonchev–Trinajstić information content (AvgIpc) is 3.44. The first kappa shape index (κ1) is 25.3. The molecule has 1 unspecified atom stereocenters. The number of H-pyrrole nitrogens is 1. The van der Waals surface area contributed by atoms with E-state index in [-0.39, 0.29) is 22.3 Å². The SMILES string of the molecule is COc1ccc(NC(=O)N2C[C@H]3OC(=O)C32)cc1-n1c(CSc2ncnc3nc[nH]c23)nc2cccc(Cl)c2c1=O. The number of likely N-dealkylation sites (tertiary alicyclic amines) is 1. The number of carbonyl (C=O) groups excluding carboxylic acids is 2. The second-order valence-corrected chi connectivity index (χ2v) is 10.6. The molecule has 0 bridgehead atoms. The van der Waals surface area contributed by atoms with Crippen LogP contribution < -0.4 is 15.6 Å². The standard InChI is InChI=1S/C26H19ClN8O5S/c1-39-16-6-5-12(32-26(38)34-8-17-21(34)25(37)40-17)7-15(16)35-18(33-14-4-2-3-13(27)19(14)24(35)36)9-41-23-20-22(29-10-28-20)30-11-31-23/h2-7,10-11,17,21H,8-9H2,1H3,(H,32,38)(H,28,29,30,31)/t17-,21?/m1/s1. The van der Waals surface area contributed by atoms with Gasteiger partial charge in [0.05, 0.1) is 47.3 Å². The van der Waals surface area contributed by atoms with Gasteiger partial charge in [0.1, 0.15) is 28.4 Å². The number of nitrogens with one attached hydrogen (secondary N) is 2. The molecule has 2 N–H and O–H groups in total. The molecule has 0 radical (unpaired) electrons. The molecule has 2 saturated heterocycles. The molecule has 0 saturated carbocycles. The van der Waals surface area contributed by atoms with Crippen molar-refractivity contribution in [3.63, 3.8) is 0 Å². The Labute approximate surface area is 239 Å². The second kappa shape index (κ2) is 9.74. The van der Waals surface area contributed by atoms with Gasteiger partial charge in [-0.25, -0.2) is 29.5 Å². The smallest absolute Gasteiger partial charge is 0.333 e. The molecule has 2 amide bonds. The number of halogens is 1. The molecule has 0 spiro atoms. The molecular weight excluding hydrogens is 572 g/mol. The van der Waals surface area contributed by atoms with Crippen molar-refractivity contribution in [1.29, 1.82) is 0 Å². The number of hydrogen-bond donors (Lipinski definition) is 2. The van der Waals surface area contributed by atoms with Crippen LogP contribution in [0.2, 0.25) is 5.02 Å². The lowest BCUT2D eigenvalue weighted by atomic mass is 9.94. The van der Waals surface area contributed by atoms with Gasteiger partial charge in [-0.3, -0.25) is 9.36 Å². The summed E-state index contributed by atoms with van der Waals surface area (Å²) < 4.78 is 12.0. The number of benzene rings is 2. The van der Waals surface area contributed by atoms with Gasteiger partial charge >= 0.3 is 12.0 Å². The third kappa shape index (κ3) is 4.14. The lowest BCUT2D eigenvalue weighted by Crippen LogP contribution is -2.75. The number of thioether (sulfide) groups is 1. The molecule has 15 heteroatoms. The summed E-state index contributed by atoms with van der Waals surface area (Å²) >= 11 is 7.80. The van der Waals surface area contributed by atoms with Crippen LogP contribution in [0, 0.1) is 0 Å². The minimum absolute atomic E-state index is 0.238. The van der Waals surface area contributed by atoms with Gasteiger partial charge in [-0.05, 0) is 30.3 Å². The number of anilines is 1. The first-order valence-corrected chi connectivity index (χ1v) is 13.7. The third-order valence-electron chi connectivity index (χ3n) is 6.95. The van der Waals surface area contributed by atoms with Crippen molar-refractivity contribution in [1.82, 2.24) is 34.4 Å². The summed E-state index contributed by atoms with van der Waals surface area (Å²) in [5, 5.41) is 3.93. The Bertz CT molecular complexity index is 1940. The van der Waals surface area contributed by atoms with Crippen LogP contribution >= 0.6 is 23.4 Å². The predicted molar refractivity (Wildman–Crippen MR) is 150 cm³/mol. The van der Waals surface area contributed by atoms with E-state index in [2.05, 4.69) is 25.3 Å². The number of aromatic nitrogens is 6. The highest BCUT2D eigenvalue weighted by Gasteiger charge is 2.57. The van der Waals surface area contributed by atoms with Crippen LogP contribution in [0.4, 0.5) is 10.5 Å². The maximum Gasteiger partial charge on any atom is 0.333 e. The van der Waals surface area contributed by atoms with E-state index in [1.54, 1.807) is 36.4 Å². The predicted octanol–water partition coefficient (Wildman–Crippen LogP) is 3.15. The number of urea groups is 1. The maximum absolute atomic E-state index is 14.0. The van der Waals surface area contributed by atoms with E-state index in [0.29, 0.717) is 51.2 Å². The van der Waals surface area contributed by atoms with Gasteiger partial charge in [0.2, 0.25) is 0 Å². The van der Waals surface area contributed by atoms with Crippen molar-refractivity contribution in [3.05, 3.63) is 70.3 Å². The van der Waals surface area contributed by atoms with Gasteiger partial charge in [0.25, 0.3) is 5.56 Å².